The lowest BCUT2D eigenvalue weighted by Crippen LogP contribution is -2.59. The maximum absolute atomic E-state index is 12.1. The summed E-state index contributed by atoms with van der Waals surface area (Å²) in [7, 11) is 0. The lowest BCUT2D eigenvalue weighted by molar-refractivity contribution is -0.306. The van der Waals surface area contributed by atoms with Crippen LogP contribution in [0.4, 0.5) is 0 Å². The molecule has 0 saturated carbocycles. The van der Waals surface area contributed by atoms with Crippen LogP contribution < -0.4 is 0 Å². The number of hydrogen-bond acceptors (Lipinski definition) is 8. The van der Waals surface area contributed by atoms with Crippen molar-refractivity contribution in [2.45, 2.75) is 76.8 Å². The molecule has 8 nitrogen and oxygen atoms in total. The molecular weight excluding hydrogens is 356 g/mol. The summed E-state index contributed by atoms with van der Waals surface area (Å²) in [6.45, 7) is 5.07. The topological polar surface area (TPSA) is 137 Å². The number of aliphatic hydroxyl groups is 5. The number of carbonyl (C=O) groups excluding carboxylic acids is 1. The lowest BCUT2D eigenvalue weighted by Gasteiger charge is -2.44. The van der Waals surface area contributed by atoms with Gasteiger partial charge < -0.3 is 35.0 Å². The molecule has 1 aliphatic heterocycles. The summed E-state index contributed by atoms with van der Waals surface area (Å²) in [6, 6.07) is 0. The number of hydrogen-bond donors (Lipinski definition) is 5. The zero-order valence-corrected chi connectivity index (χ0v) is 16.1. The van der Waals surface area contributed by atoms with Crippen LogP contribution >= 0.6 is 0 Å². The van der Waals surface area contributed by atoms with Crippen LogP contribution in [0.25, 0.3) is 0 Å². The van der Waals surface area contributed by atoms with Gasteiger partial charge in [-0.15, -0.1) is 0 Å². The highest BCUT2D eigenvalue weighted by atomic mass is 16.7. The molecule has 1 heterocycles. The van der Waals surface area contributed by atoms with Crippen LogP contribution in [0, 0.1) is 11.3 Å². The fourth-order valence-electron chi connectivity index (χ4n) is 4.09. The molecule has 1 fully saturated rings. The van der Waals surface area contributed by atoms with E-state index in [1.54, 1.807) is 13.0 Å². The van der Waals surface area contributed by atoms with Gasteiger partial charge in [-0.3, -0.25) is 4.79 Å². The van der Waals surface area contributed by atoms with Gasteiger partial charge in [-0.25, -0.2) is 0 Å². The van der Waals surface area contributed by atoms with Crippen molar-refractivity contribution in [3.8, 4) is 0 Å². The monoisotopic (exact) mass is 388 g/mol. The van der Waals surface area contributed by atoms with E-state index < -0.39 is 48.8 Å². The second-order valence-corrected chi connectivity index (χ2v) is 8.17. The summed E-state index contributed by atoms with van der Waals surface area (Å²) in [5, 5.41) is 48.8. The van der Waals surface area contributed by atoms with Crippen molar-refractivity contribution in [1.29, 1.82) is 0 Å². The largest absolute Gasteiger partial charge is 0.394 e. The van der Waals surface area contributed by atoms with Crippen LogP contribution in [0.5, 0.6) is 0 Å². The number of rotatable bonds is 7. The minimum absolute atomic E-state index is 0.00897. The van der Waals surface area contributed by atoms with E-state index in [2.05, 4.69) is 0 Å². The van der Waals surface area contributed by atoms with E-state index in [4.69, 9.17) is 9.47 Å². The minimum Gasteiger partial charge on any atom is -0.394 e. The normalized spacial score (nSPS) is 41.3. The van der Waals surface area contributed by atoms with Gasteiger partial charge in [-0.2, -0.15) is 0 Å². The average Bonchev–Trinajstić information content (AvgIpc) is 2.58. The first kappa shape index (κ1) is 22.4. The second-order valence-electron chi connectivity index (χ2n) is 8.17. The Morgan fingerprint density at radius 1 is 1.30 bits per heavy atom. The number of ketones is 1. The molecule has 0 aromatic rings. The van der Waals surface area contributed by atoms with Crippen LogP contribution in [0.1, 0.15) is 40.0 Å². The molecule has 2 aliphatic rings. The summed E-state index contributed by atoms with van der Waals surface area (Å²) in [4.78, 5) is 12.1. The molecule has 0 aromatic heterocycles. The van der Waals surface area contributed by atoms with E-state index in [-0.39, 0.29) is 24.7 Å². The number of ether oxygens (including phenoxy) is 2. The average molecular weight is 388 g/mol. The van der Waals surface area contributed by atoms with E-state index in [0.29, 0.717) is 12.8 Å². The first-order chi connectivity index (χ1) is 12.6. The molecule has 27 heavy (non-hydrogen) atoms. The van der Waals surface area contributed by atoms with E-state index in [0.717, 1.165) is 5.57 Å². The van der Waals surface area contributed by atoms with Crippen molar-refractivity contribution in [3.05, 3.63) is 11.6 Å². The van der Waals surface area contributed by atoms with Gasteiger partial charge in [-0.1, -0.05) is 12.5 Å². The zero-order valence-electron chi connectivity index (χ0n) is 16.1. The van der Waals surface area contributed by atoms with Gasteiger partial charge in [0.1, 0.15) is 24.4 Å². The molecule has 5 N–H and O–H groups in total. The Balaban J connectivity index is 2.10. The first-order valence-corrected chi connectivity index (χ1v) is 9.40. The highest BCUT2D eigenvalue weighted by Crippen LogP contribution is 2.43. The molecular formula is C19H32O8. The van der Waals surface area contributed by atoms with E-state index >= 15 is 0 Å². The Kier molecular flexibility index (Phi) is 7.54. The Hall–Kier alpha value is -0.870. The molecule has 2 rings (SSSR count). The first-order valence-electron chi connectivity index (χ1n) is 9.40. The summed E-state index contributed by atoms with van der Waals surface area (Å²) in [5.41, 5.74) is 0.357. The van der Waals surface area contributed by atoms with Gasteiger partial charge in [0.05, 0.1) is 19.3 Å². The Morgan fingerprint density at radius 2 is 1.96 bits per heavy atom. The number of carbonyl (C=O) groups is 1. The minimum atomic E-state index is -1.51. The lowest BCUT2D eigenvalue weighted by atomic mass is 9.65. The predicted octanol–water partition coefficient (Wildman–Crippen LogP) is -0.494. The molecule has 0 amide bonds. The third-order valence-electron chi connectivity index (χ3n) is 5.66. The molecule has 156 valence electrons. The van der Waals surface area contributed by atoms with Crippen molar-refractivity contribution >= 4 is 5.78 Å². The fourth-order valence-corrected chi connectivity index (χ4v) is 4.09. The molecule has 1 saturated heterocycles. The van der Waals surface area contributed by atoms with Crippen molar-refractivity contribution in [3.63, 3.8) is 0 Å². The molecule has 0 spiro atoms. The summed E-state index contributed by atoms with van der Waals surface area (Å²) < 4.78 is 11.1. The van der Waals surface area contributed by atoms with Gasteiger partial charge in [0, 0.05) is 11.8 Å². The van der Waals surface area contributed by atoms with Crippen LogP contribution in [0.3, 0.4) is 0 Å². The number of allylic oxidation sites excluding steroid dienone is 2. The fraction of sp³-hybridized carbons (Fsp3) is 0.842. The Bertz CT molecular complexity index is 546. The zero-order chi connectivity index (χ0) is 20.4. The smallest absolute Gasteiger partial charge is 0.186 e. The molecule has 8 atom stereocenters. The molecule has 1 aliphatic carbocycles. The summed E-state index contributed by atoms with van der Waals surface area (Å²) in [5.74, 6) is -0.00427. The Labute approximate surface area is 159 Å². The second kappa shape index (κ2) is 9.09. The SMILES string of the molecule is CC1=CC(=O)CC(C)(COC2OC(CO)C(O)C(O)C2O)C1CCC(C)O. The molecule has 0 bridgehead atoms. The standard InChI is InChI=1S/C19H32O8/c1-10-6-12(22)7-19(3,13(10)5-4-11(2)21)9-26-18-17(25)16(24)15(23)14(8-20)27-18/h6,11,13-18,20-21,23-25H,4-5,7-9H2,1-3H3. The quantitative estimate of drug-likeness (QED) is 0.394. The van der Waals surface area contributed by atoms with Crippen LogP contribution in [-0.2, 0) is 14.3 Å². The van der Waals surface area contributed by atoms with Crippen LogP contribution in [0.15, 0.2) is 11.6 Å². The van der Waals surface area contributed by atoms with Gasteiger partial charge in [0.25, 0.3) is 0 Å². The maximum Gasteiger partial charge on any atom is 0.186 e. The number of aliphatic hydroxyl groups excluding tert-OH is 5. The van der Waals surface area contributed by atoms with E-state index in [1.165, 1.54) is 0 Å². The third-order valence-corrected chi connectivity index (χ3v) is 5.66. The Morgan fingerprint density at radius 3 is 2.56 bits per heavy atom. The van der Waals surface area contributed by atoms with Gasteiger partial charge in [0.15, 0.2) is 12.1 Å². The highest BCUT2D eigenvalue weighted by Gasteiger charge is 2.46. The third kappa shape index (κ3) is 5.14. The molecule has 0 radical (unpaired) electrons. The van der Waals surface area contributed by atoms with Crippen molar-refractivity contribution < 1.29 is 39.8 Å². The van der Waals surface area contributed by atoms with Crippen LogP contribution in [0.2, 0.25) is 0 Å². The highest BCUT2D eigenvalue weighted by molar-refractivity contribution is 5.92. The molecule has 8 heteroatoms. The van der Waals surface area contributed by atoms with Gasteiger partial charge >= 0.3 is 0 Å². The predicted molar refractivity (Wildman–Crippen MR) is 95.6 cm³/mol. The maximum atomic E-state index is 12.1. The molecule has 0 aromatic carbocycles. The van der Waals surface area contributed by atoms with Crippen molar-refractivity contribution in [2.24, 2.45) is 11.3 Å². The van der Waals surface area contributed by atoms with Gasteiger partial charge in [0.2, 0.25) is 0 Å². The molecule has 8 unspecified atom stereocenters. The van der Waals surface area contributed by atoms with Crippen molar-refractivity contribution in [1.82, 2.24) is 0 Å². The van der Waals surface area contributed by atoms with Gasteiger partial charge in [-0.05, 0) is 38.7 Å². The van der Waals surface area contributed by atoms with E-state index in [9.17, 15) is 30.3 Å². The van der Waals surface area contributed by atoms with Crippen molar-refractivity contribution in [2.75, 3.05) is 13.2 Å². The summed E-state index contributed by atoms with van der Waals surface area (Å²) >= 11 is 0. The van der Waals surface area contributed by atoms with Crippen LogP contribution in [-0.4, -0.2) is 81.3 Å². The summed E-state index contributed by atoms with van der Waals surface area (Å²) in [6.07, 6.45) is -3.99. The van der Waals surface area contributed by atoms with E-state index in [1.807, 2.05) is 13.8 Å².